The second kappa shape index (κ2) is 7.06. The van der Waals surface area contributed by atoms with E-state index in [0.717, 1.165) is 0 Å². The number of nitrogens with zero attached hydrogens (tertiary/aromatic N) is 1. The van der Waals surface area contributed by atoms with Crippen LogP contribution in [0.5, 0.6) is 0 Å². The number of aliphatic hydroxyl groups excluding tert-OH is 1. The Kier molecular flexibility index (Phi) is 5.33. The summed E-state index contributed by atoms with van der Waals surface area (Å²) in [5.41, 5.74) is -0.884. The number of aliphatic hydroxyl groups is 2. The summed E-state index contributed by atoms with van der Waals surface area (Å²) < 4.78 is 13.1. The zero-order valence-electron chi connectivity index (χ0n) is 13.0. The van der Waals surface area contributed by atoms with Gasteiger partial charge in [0.25, 0.3) is 0 Å². The topological polar surface area (TPSA) is 89.9 Å². The second-order valence-corrected chi connectivity index (χ2v) is 5.93. The van der Waals surface area contributed by atoms with Crippen LogP contribution in [0.25, 0.3) is 0 Å². The minimum Gasteiger partial charge on any atom is -0.388 e. The zero-order chi connectivity index (χ0) is 17.0. The number of halogens is 1. The number of hydrogen-bond acceptors (Lipinski definition) is 4. The Labute approximate surface area is 133 Å². The van der Waals surface area contributed by atoms with Crippen LogP contribution in [0.1, 0.15) is 18.9 Å². The van der Waals surface area contributed by atoms with Crippen LogP contribution in [0, 0.1) is 5.82 Å². The average molecular weight is 324 g/mol. The van der Waals surface area contributed by atoms with Gasteiger partial charge in [0.05, 0.1) is 6.42 Å². The molecule has 23 heavy (non-hydrogen) atoms. The minimum atomic E-state index is -1.44. The molecule has 2 amide bonds. The third-order valence-electron chi connectivity index (χ3n) is 4.07. The number of benzene rings is 1. The summed E-state index contributed by atoms with van der Waals surface area (Å²) in [6.07, 6.45) is -0.961. The third-order valence-corrected chi connectivity index (χ3v) is 4.07. The lowest BCUT2D eigenvalue weighted by molar-refractivity contribution is -0.149. The number of piperidine rings is 1. The predicted molar refractivity (Wildman–Crippen MR) is 80.9 cm³/mol. The van der Waals surface area contributed by atoms with Gasteiger partial charge < -0.3 is 20.4 Å². The number of likely N-dealkylation sites (tertiary alicyclic amines) is 1. The Bertz CT molecular complexity index is 595. The average Bonchev–Trinajstić information content (AvgIpc) is 2.48. The highest BCUT2D eigenvalue weighted by Gasteiger charge is 2.41. The molecule has 1 heterocycles. The van der Waals surface area contributed by atoms with Crippen molar-refractivity contribution in [2.45, 2.75) is 31.5 Å². The molecular weight excluding hydrogens is 303 g/mol. The number of rotatable bonds is 4. The molecule has 1 aliphatic rings. The fraction of sp³-hybridized carbons (Fsp3) is 0.500. The van der Waals surface area contributed by atoms with Gasteiger partial charge in [0, 0.05) is 26.6 Å². The molecule has 0 bridgehead atoms. The summed E-state index contributed by atoms with van der Waals surface area (Å²) in [4.78, 5) is 24.6. The van der Waals surface area contributed by atoms with E-state index in [1.807, 2.05) is 0 Å². The van der Waals surface area contributed by atoms with Gasteiger partial charge in [-0.2, -0.15) is 0 Å². The molecule has 126 valence electrons. The first-order valence-corrected chi connectivity index (χ1v) is 7.47. The Morgan fingerprint density at radius 3 is 2.83 bits per heavy atom. The maximum atomic E-state index is 13.1. The van der Waals surface area contributed by atoms with Crippen LogP contribution in [0.4, 0.5) is 4.39 Å². The summed E-state index contributed by atoms with van der Waals surface area (Å²) in [5, 5.41) is 23.0. The van der Waals surface area contributed by atoms with Gasteiger partial charge in [-0.15, -0.1) is 0 Å². The lowest BCUT2D eigenvalue weighted by atomic mass is 9.88. The molecule has 0 aliphatic carbocycles. The van der Waals surface area contributed by atoms with Gasteiger partial charge in [0.2, 0.25) is 11.8 Å². The highest BCUT2D eigenvalue weighted by atomic mass is 19.1. The number of carbonyl (C=O) groups excluding carboxylic acids is 2. The molecule has 1 fully saturated rings. The molecule has 6 nitrogen and oxygen atoms in total. The lowest BCUT2D eigenvalue weighted by Gasteiger charge is -2.42. The SMILES string of the molecule is CC(=O)NC[C@]1(O)CCN(C(=O)Cc2cccc(F)c2)C[C@H]1O. The monoisotopic (exact) mass is 324 g/mol. The van der Waals surface area contributed by atoms with E-state index in [2.05, 4.69) is 5.32 Å². The van der Waals surface area contributed by atoms with E-state index < -0.39 is 17.5 Å². The highest BCUT2D eigenvalue weighted by Crippen LogP contribution is 2.23. The van der Waals surface area contributed by atoms with Gasteiger partial charge in [-0.3, -0.25) is 9.59 Å². The summed E-state index contributed by atoms with van der Waals surface area (Å²) in [5.74, 6) is -0.940. The molecule has 0 saturated carbocycles. The Morgan fingerprint density at radius 1 is 1.48 bits per heavy atom. The first-order valence-electron chi connectivity index (χ1n) is 7.47. The lowest BCUT2D eigenvalue weighted by Crippen LogP contribution is -2.61. The van der Waals surface area contributed by atoms with Gasteiger partial charge in [-0.1, -0.05) is 12.1 Å². The Morgan fingerprint density at radius 2 is 2.22 bits per heavy atom. The molecule has 0 spiro atoms. The van der Waals surface area contributed by atoms with E-state index in [9.17, 15) is 24.2 Å². The molecule has 1 aromatic carbocycles. The van der Waals surface area contributed by atoms with Crippen LogP contribution in [0.3, 0.4) is 0 Å². The van der Waals surface area contributed by atoms with E-state index >= 15 is 0 Å². The van der Waals surface area contributed by atoms with Crippen LogP contribution in [0.15, 0.2) is 24.3 Å². The maximum absolute atomic E-state index is 13.1. The third kappa shape index (κ3) is 4.49. The number of nitrogens with one attached hydrogen (secondary N) is 1. The molecule has 1 aromatic rings. The highest BCUT2D eigenvalue weighted by molar-refractivity contribution is 5.79. The molecule has 0 radical (unpaired) electrons. The second-order valence-electron chi connectivity index (χ2n) is 5.93. The Hall–Kier alpha value is -1.99. The predicted octanol–water partition coefficient (Wildman–Crippen LogP) is -0.171. The summed E-state index contributed by atoms with van der Waals surface area (Å²) >= 11 is 0. The van der Waals surface area contributed by atoms with E-state index in [0.29, 0.717) is 5.56 Å². The van der Waals surface area contributed by atoms with Crippen molar-refractivity contribution in [1.29, 1.82) is 0 Å². The summed E-state index contributed by atoms with van der Waals surface area (Å²) in [7, 11) is 0. The largest absolute Gasteiger partial charge is 0.388 e. The number of amides is 2. The van der Waals surface area contributed by atoms with Gasteiger partial charge in [-0.25, -0.2) is 4.39 Å². The fourth-order valence-electron chi connectivity index (χ4n) is 2.61. The Balaban J connectivity index is 1.94. The molecule has 2 atom stereocenters. The minimum absolute atomic E-state index is 0.0236. The van der Waals surface area contributed by atoms with Crippen LogP contribution in [0.2, 0.25) is 0 Å². The molecule has 1 aliphatic heterocycles. The maximum Gasteiger partial charge on any atom is 0.227 e. The zero-order valence-corrected chi connectivity index (χ0v) is 13.0. The summed E-state index contributed by atoms with van der Waals surface area (Å²) in [6.45, 7) is 1.51. The molecular formula is C16H21FN2O4. The van der Waals surface area contributed by atoms with Crippen LogP contribution >= 0.6 is 0 Å². The fourth-order valence-corrected chi connectivity index (χ4v) is 2.61. The van der Waals surface area contributed by atoms with Crippen molar-refractivity contribution in [1.82, 2.24) is 10.2 Å². The quantitative estimate of drug-likeness (QED) is 0.717. The van der Waals surface area contributed by atoms with E-state index in [-0.39, 0.29) is 44.3 Å². The van der Waals surface area contributed by atoms with Crippen molar-refractivity contribution in [2.24, 2.45) is 0 Å². The molecule has 2 rings (SSSR count). The van der Waals surface area contributed by atoms with Crippen molar-refractivity contribution in [3.8, 4) is 0 Å². The van der Waals surface area contributed by atoms with Crippen molar-refractivity contribution >= 4 is 11.8 Å². The molecule has 0 unspecified atom stereocenters. The molecule has 7 heteroatoms. The van der Waals surface area contributed by atoms with Gasteiger partial charge in [-0.05, 0) is 24.1 Å². The van der Waals surface area contributed by atoms with Crippen LogP contribution in [-0.2, 0) is 16.0 Å². The standard InChI is InChI=1S/C16H21FN2O4/c1-11(20)18-10-16(23)5-6-19(9-14(16)21)15(22)8-12-3-2-4-13(17)7-12/h2-4,7,14,21,23H,5-6,8-10H2,1H3,(H,18,20)/t14-,16-/m1/s1. The van der Waals surface area contributed by atoms with E-state index in [1.54, 1.807) is 6.07 Å². The number of hydrogen-bond donors (Lipinski definition) is 3. The first-order chi connectivity index (χ1) is 10.8. The molecule has 1 saturated heterocycles. The van der Waals surface area contributed by atoms with Crippen LogP contribution < -0.4 is 5.32 Å². The van der Waals surface area contributed by atoms with E-state index in [1.165, 1.54) is 30.0 Å². The smallest absolute Gasteiger partial charge is 0.227 e. The normalized spacial score (nSPS) is 24.3. The first kappa shape index (κ1) is 17.4. The molecule has 3 N–H and O–H groups in total. The van der Waals surface area contributed by atoms with Gasteiger partial charge in [0.15, 0.2) is 0 Å². The number of β-amino-alcohol motifs (C(OH)–C–C–N with tert-alkyl or cyclic N) is 1. The summed E-state index contributed by atoms with van der Waals surface area (Å²) in [6, 6.07) is 5.80. The van der Waals surface area contributed by atoms with Gasteiger partial charge >= 0.3 is 0 Å². The molecule has 0 aromatic heterocycles. The van der Waals surface area contributed by atoms with Crippen LogP contribution in [-0.4, -0.2) is 58.3 Å². The van der Waals surface area contributed by atoms with E-state index in [4.69, 9.17) is 0 Å². The van der Waals surface area contributed by atoms with Crippen molar-refractivity contribution in [3.63, 3.8) is 0 Å². The van der Waals surface area contributed by atoms with Crippen molar-refractivity contribution in [2.75, 3.05) is 19.6 Å². The van der Waals surface area contributed by atoms with Crippen molar-refractivity contribution < 1.29 is 24.2 Å². The van der Waals surface area contributed by atoms with Crippen molar-refractivity contribution in [3.05, 3.63) is 35.6 Å². The number of carbonyl (C=O) groups is 2. The van der Waals surface area contributed by atoms with Gasteiger partial charge in [0.1, 0.15) is 17.5 Å².